The average molecular weight is 626 g/mol. The number of methoxy groups -OCH3 is 1. The van der Waals surface area contributed by atoms with Gasteiger partial charge in [-0.25, -0.2) is 26.3 Å². The molecule has 1 aliphatic rings. The van der Waals surface area contributed by atoms with Crippen molar-refractivity contribution in [3.63, 3.8) is 0 Å². The third kappa shape index (κ3) is 7.56. The van der Waals surface area contributed by atoms with E-state index in [0.29, 0.717) is 0 Å². The second-order valence-corrected chi connectivity index (χ2v) is 10.6. The monoisotopic (exact) mass is 626 g/mol. The fraction of sp³-hybridized carbons (Fsp3) is 0.462. The smallest absolute Gasteiger partial charge is 0.272 e. The predicted molar refractivity (Wildman–Crippen MR) is 144 cm³/mol. The Balaban J connectivity index is 1.53. The summed E-state index contributed by atoms with van der Waals surface area (Å²) in [6.07, 6.45) is -1.90. The molecule has 4 atom stereocenters. The minimum Gasteiger partial charge on any atom is -0.353 e. The van der Waals surface area contributed by atoms with Gasteiger partial charge in [0.25, 0.3) is 6.48 Å². The third-order valence-electron chi connectivity index (χ3n) is 6.84. The predicted octanol–water partition coefficient (Wildman–Crippen LogP) is 2.65. The summed E-state index contributed by atoms with van der Waals surface area (Å²) in [5.74, 6) is -9.39. The number of halogens is 6. The molecule has 1 saturated heterocycles. The lowest BCUT2D eigenvalue weighted by Crippen LogP contribution is -2.43. The van der Waals surface area contributed by atoms with Gasteiger partial charge in [0.2, 0.25) is 11.8 Å². The van der Waals surface area contributed by atoms with Crippen LogP contribution < -0.4 is 21.2 Å². The SMILES string of the molecule is COC1OC(CNC(=O)CCc2c(C)c(F)c(F)c(F)c2P)C(CNC(=O)CCc2c(C)c(F)c(F)c(F)c2P)O1. The van der Waals surface area contributed by atoms with Gasteiger partial charge in [-0.05, 0) is 48.9 Å². The minimum atomic E-state index is -1.58. The van der Waals surface area contributed by atoms with Crippen LogP contribution in [0.25, 0.3) is 0 Å². The van der Waals surface area contributed by atoms with Crippen molar-refractivity contribution in [1.29, 1.82) is 0 Å². The molecule has 2 amide bonds. The van der Waals surface area contributed by atoms with E-state index >= 15 is 0 Å². The van der Waals surface area contributed by atoms with Gasteiger partial charge < -0.3 is 24.8 Å². The Morgan fingerprint density at radius 2 is 1.07 bits per heavy atom. The van der Waals surface area contributed by atoms with Crippen molar-refractivity contribution in [2.24, 2.45) is 0 Å². The van der Waals surface area contributed by atoms with Gasteiger partial charge in [0.05, 0.1) is 0 Å². The highest BCUT2D eigenvalue weighted by molar-refractivity contribution is 7.27. The molecule has 3 rings (SSSR count). The summed E-state index contributed by atoms with van der Waals surface area (Å²) in [5.41, 5.74) is 0.146. The second-order valence-electron chi connectivity index (χ2n) is 9.40. The van der Waals surface area contributed by atoms with Crippen LogP contribution in [0, 0.1) is 48.8 Å². The maximum absolute atomic E-state index is 13.9. The summed E-state index contributed by atoms with van der Waals surface area (Å²) in [6.45, 7) is 1.41. The molecule has 2 N–H and O–H groups in total. The van der Waals surface area contributed by atoms with Crippen LogP contribution in [-0.4, -0.2) is 50.7 Å². The van der Waals surface area contributed by atoms with Crippen molar-refractivity contribution < 1.29 is 50.1 Å². The summed E-state index contributed by atoms with van der Waals surface area (Å²) in [4.78, 5) is 24.9. The highest BCUT2D eigenvalue weighted by atomic mass is 31.0. The average Bonchev–Trinajstić information content (AvgIpc) is 3.36. The van der Waals surface area contributed by atoms with Gasteiger partial charge in [-0.15, -0.1) is 18.5 Å². The van der Waals surface area contributed by atoms with Crippen molar-refractivity contribution in [3.05, 3.63) is 57.2 Å². The molecule has 0 aromatic heterocycles. The Kier molecular flexibility index (Phi) is 11.5. The zero-order valence-corrected chi connectivity index (χ0v) is 24.7. The molecule has 226 valence electrons. The van der Waals surface area contributed by atoms with E-state index in [0.717, 1.165) is 0 Å². The second kappa shape index (κ2) is 14.2. The molecule has 7 nitrogen and oxygen atoms in total. The van der Waals surface area contributed by atoms with Crippen molar-refractivity contribution >= 4 is 40.9 Å². The molecule has 4 unspecified atom stereocenters. The van der Waals surface area contributed by atoms with Crippen LogP contribution in [0.5, 0.6) is 0 Å². The van der Waals surface area contributed by atoms with E-state index in [1.165, 1.54) is 21.0 Å². The van der Waals surface area contributed by atoms with E-state index in [1.54, 1.807) is 0 Å². The summed E-state index contributed by atoms with van der Waals surface area (Å²) in [6, 6.07) is 0. The van der Waals surface area contributed by atoms with Gasteiger partial charge in [-0.3, -0.25) is 9.59 Å². The van der Waals surface area contributed by atoms with Crippen LogP contribution in [-0.2, 0) is 36.6 Å². The van der Waals surface area contributed by atoms with E-state index < -0.39 is 65.4 Å². The number of amides is 2. The highest BCUT2D eigenvalue weighted by Crippen LogP contribution is 2.23. The topological polar surface area (TPSA) is 85.9 Å². The molecular formula is C26H30F6N2O5P2. The largest absolute Gasteiger partial charge is 0.353 e. The molecule has 0 bridgehead atoms. The number of hydrogen-bond donors (Lipinski definition) is 2. The molecule has 1 fully saturated rings. The van der Waals surface area contributed by atoms with Gasteiger partial charge in [-0.2, -0.15) is 0 Å². The molecule has 0 spiro atoms. The van der Waals surface area contributed by atoms with Crippen molar-refractivity contribution in [3.8, 4) is 0 Å². The maximum Gasteiger partial charge on any atom is 0.272 e. The summed E-state index contributed by atoms with van der Waals surface area (Å²) in [7, 11) is 5.36. The van der Waals surface area contributed by atoms with Crippen LogP contribution in [0.4, 0.5) is 26.3 Å². The minimum absolute atomic E-state index is 0.0495. The van der Waals surface area contributed by atoms with Gasteiger partial charge in [0.15, 0.2) is 34.9 Å². The lowest BCUT2D eigenvalue weighted by molar-refractivity contribution is -0.227. The van der Waals surface area contributed by atoms with E-state index in [1.807, 2.05) is 18.5 Å². The first-order valence-corrected chi connectivity index (χ1v) is 13.6. The number of ether oxygens (including phenoxy) is 3. The van der Waals surface area contributed by atoms with Crippen molar-refractivity contribution in [1.82, 2.24) is 10.6 Å². The maximum atomic E-state index is 13.9. The van der Waals surface area contributed by atoms with E-state index in [-0.39, 0.29) is 71.6 Å². The highest BCUT2D eigenvalue weighted by Gasteiger charge is 2.36. The first-order chi connectivity index (χ1) is 19.3. The van der Waals surface area contributed by atoms with Crippen LogP contribution in [0.2, 0.25) is 0 Å². The zero-order valence-electron chi connectivity index (χ0n) is 22.4. The first-order valence-electron chi connectivity index (χ1n) is 12.5. The Labute approximate surface area is 237 Å². The summed E-state index contributed by atoms with van der Waals surface area (Å²) < 4.78 is 99.0. The zero-order chi connectivity index (χ0) is 30.6. The summed E-state index contributed by atoms with van der Waals surface area (Å²) in [5, 5.41) is 4.95. The molecule has 0 aliphatic carbocycles. The molecule has 15 heteroatoms. The molecule has 0 radical (unpaired) electrons. The van der Waals surface area contributed by atoms with E-state index in [4.69, 9.17) is 14.2 Å². The van der Waals surface area contributed by atoms with Crippen LogP contribution >= 0.6 is 18.5 Å². The standard InChI is InChI=1S/C26H30F6N2O5P2/c1-10-12(24(40)22(31)20(29)18(10)27)4-6-16(35)33-8-14-15(39-26(37-3)38-14)9-34-17(36)7-5-13-11(2)19(28)21(30)23(32)25(13)41/h14-15,26H,4-9,40-41H2,1-3H3,(H,33,35)(H,34,36). The number of carbonyl (C=O) groups excluding carboxylic acids is 2. The van der Waals surface area contributed by atoms with E-state index in [2.05, 4.69) is 10.6 Å². The Bertz CT molecular complexity index is 1180. The molecule has 1 heterocycles. The van der Waals surface area contributed by atoms with E-state index in [9.17, 15) is 35.9 Å². The molecule has 41 heavy (non-hydrogen) atoms. The number of rotatable bonds is 11. The van der Waals surface area contributed by atoms with Gasteiger partial charge in [-0.1, -0.05) is 0 Å². The van der Waals surface area contributed by atoms with Gasteiger partial charge >= 0.3 is 0 Å². The van der Waals surface area contributed by atoms with Crippen LogP contribution in [0.1, 0.15) is 35.1 Å². The molecule has 1 aliphatic heterocycles. The quantitative estimate of drug-likeness (QED) is 0.228. The lowest BCUT2D eigenvalue weighted by atomic mass is 10.0. The number of carbonyl (C=O) groups is 2. The summed E-state index contributed by atoms with van der Waals surface area (Å²) >= 11 is 0. The Hall–Kier alpha value is -2.30. The molecular weight excluding hydrogens is 596 g/mol. The fourth-order valence-electron chi connectivity index (χ4n) is 4.38. The fourth-order valence-corrected chi connectivity index (χ4v) is 5.36. The van der Waals surface area contributed by atoms with Gasteiger partial charge in [0, 0.05) is 43.7 Å². The normalized spacial score (nSPS) is 18.6. The third-order valence-corrected chi connectivity index (χ3v) is 8.05. The molecule has 0 saturated carbocycles. The lowest BCUT2D eigenvalue weighted by Gasteiger charge is -2.18. The van der Waals surface area contributed by atoms with Crippen LogP contribution in [0.15, 0.2) is 0 Å². The van der Waals surface area contributed by atoms with Crippen molar-refractivity contribution in [2.75, 3.05) is 20.2 Å². The Morgan fingerprint density at radius 3 is 1.41 bits per heavy atom. The molecule has 2 aromatic carbocycles. The molecule has 2 aromatic rings. The number of nitrogens with one attached hydrogen (secondary N) is 2. The Morgan fingerprint density at radius 1 is 0.707 bits per heavy atom. The number of benzene rings is 2. The van der Waals surface area contributed by atoms with Gasteiger partial charge in [0.1, 0.15) is 12.2 Å². The first kappa shape index (κ1) is 33.2. The van der Waals surface area contributed by atoms with Crippen LogP contribution in [0.3, 0.4) is 0 Å². The number of hydrogen-bond acceptors (Lipinski definition) is 5. The van der Waals surface area contributed by atoms with Crippen molar-refractivity contribution in [2.45, 2.75) is 58.2 Å².